The third-order valence-corrected chi connectivity index (χ3v) is 4.10. The van der Waals surface area contributed by atoms with Crippen LogP contribution in [-0.2, 0) is 6.18 Å². The van der Waals surface area contributed by atoms with E-state index in [4.69, 9.17) is 5.26 Å². The minimum Gasteiger partial charge on any atom is -0.360 e. The van der Waals surface area contributed by atoms with Gasteiger partial charge in [-0.3, -0.25) is 25.5 Å². The molecule has 12 heteroatoms. The second-order valence-corrected chi connectivity index (χ2v) is 6.15. The Hall–Kier alpha value is -3.10. The van der Waals surface area contributed by atoms with E-state index in [1.165, 1.54) is 11.1 Å². The summed E-state index contributed by atoms with van der Waals surface area (Å²) in [5.74, 6) is 0.172. The first-order valence-electron chi connectivity index (χ1n) is 8.08. The summed E-state index contributed by atoms with van der Waals surface area (Å²) in [4.78, 5) is 22.3. The molecule has 0 saturated heterocycles. The fraction of sp³-hybridized carbons (Fsp3) is 0.533. The first kappa shape index (κ1) is 20.2. The average Bonchev–Trinajstić information content (AvgIpc) is 3.36. The minimum absolute atomic E-state index is 0.172. The molecule has 0 aliphatic heterocycles. The van der Waals surface area contributed by atoms with Gasteiger partial charge in [-0.1, -0.05) is 6.92 Å². The lowest BCUT2D eigenvalue weighted by Gasteiger charge is -2.25. The molecule has 1 fully saturated rings. The topological polar surface area (TPSA) is 125 Å². The third kappa shape index (κ3) is 4.36. The second-order valence-electron chi connectivity index (χ2n) is 6.15. The fourth-order valence-electron chi connectivity index (χ4n) is 2.86. The van der Waals surface area contributed by atoms with Crippen molar-refractivity contribution in [2.45, 2.75) is 32.4 Å². The zero-order valence-corrected chi connectivity index (χ0v) is 14.2. The first-order valence-corrected chi connectivity index (χ1v) is 8.08. The van der Waals surface area contributed by atoms with E-state index in [9.17, 15) is 33.4 Å². The van der Waals surface area contributed by atoms with Gasteiger partial charge in [0, 0.05) is 19.2 Å². The lowest BCUT2D eigenvalue weighted by atomic mass is 10.1. The van der Waals surface area contributed by atoms with Crippen molar-refractivity contribution in [1.82, 2.24) is 0 Å². The fourth-order valence-corrected chi connectivity index (χ4v) is 2.86. The highest BCUT2D eigenvalue weighted by atomic mass is 19.4. The van der Waals surface area contributed by atoms with Crippen molar-refractivity contribution in [2.24, 2.45) is 5.92 Å². The molecule has 0 unspecified atom stereocenters. The van der Waals surface area contributed by atoms with Crippen LogP contribution in [0.1, 0.15) is 31.7 Å². The summed E-state index contributed by atoms with van der Waals surface area (Å²) in [5, 5.41) is 33.6. The number of halogens is 3. The van der Waals surface area contributed by atoms with Gasteiger partial charge < -0.3 is 4.90 Å². The summed E-state index contributed by atoms with van der Waals surface area (Å²) in [6, 6.07) is 0.248. The quantitative estimate of drug-likeness (QED) is 0.309. The number of alkyl halides is 3. The highest BCUT2D eigenvalue weighted by Gasteiger charge is 2.44. The third-order valence-electron chi connectivity index (χ3n) is 4.10. The van der Waals surface area contributed by atoms with Gasteiger partial charge in [-0.15, -0.1) is 0 Å². The maximum atomic E-state index is 13.4. The van der Waals surface area contributed by atoms with E-state index < -0.39 is 44.3 Å². The molecule has 0 bridgehead atoms. The Bertz CT molecular complexity index is 802. The number of benzene rings is 1. The van der Waals surface area contributed by atoms with Crippen molar-refractivity contribution in [2.75, 3.05) is 23.3 Å². The van der Waals surface area contributed by atoms with Gasteiger partial charge in [0.2, 0.25) is 0 Å². The molecule has 0 spiro atoms. The van der Waals surface area contributed by atoms with Gasteiger partial charge in [-0.05, 0) is 25.2 Å². The van der Waals surface area contributed by atoms with Gasteiger partial charge in [0.15, 0.2) is 11.9 Å². The normalized spacial score (nSPS) is 13.7. The molecule has 1 N–H and O–H groups in total. The molecule has 0 radical (unpaired) electrons. The molecular formula is C15H16F3N5O4. The van der Waals surface area contributed by atoms with Crippen LogP contribution in [0.25, 0.3) is 0 Å². The number of nitro benzene ring substituents is 2. The molecule has 146 valence electrons. The standard InChI is InChI=1S/C15H16F3N5O4/c1-2-5-21(7-9-3-4-9)13-11(22(24)25)6-10(15(16,17)18)12(20-8-19)14(13)23(26)27/h6,9,20H,2-5,7H2,1H3. The average molecular weight is 387 g/mol. The Kier molecular flexibility index (Phi) is 5.72. The molecule has 27 heavy (non-hydrogen) atoms. The van der Waals surface area contributed by atoms with Crippen LogP contribution in [0.4, 0.5) is 35.9 Å². The second kappa shape index (κ2) is 7.65. The van der Waals surface area contributed by atoms with E-state index in [1.54, 1.807) is 12.2 Å². The van der Waals surface area contributed by atoms with Gasteiger partial charge in [0.25, 0.3) is 5.69 Å². The lowest BCUT2D eigenvalue weighted by molar-refractivity contribution is -0.392. The Morgan fingerprint density at radius 1 is 1.33 bits per heavy atom. The van der Waals surface area contributed by atoms with E-state index in [-0.39, 0.29) is 25.1 Å². The van der Waals surface area contributed by atoms with Crippen LogP contribution in [0.2, 0.25) is 0 Å². The monoisotopic (exact) mass is 387 g/mol. The smallest absolute Gasteiger partial charge is 0.360 e. The van der Waals surface area contributed by atoms with Crippen molar-refractivity contribution in [3.63, 3.8) is 0 Å². The molecule has 0 atom stereocenters. The molecule has 2 rings (SSSR count). The Morgan fingerprint density at radius 3 is 2.37 bits per heavy atom. The summed E-state index contributed by atoms with van der Waals surface area (Å²) < 4.78 is 40.1. The number of nitriles is 1. The largest absolute Gasteiger partial charge is 0.418 e. The highest BCUT2D eigenvalue weighted by Crippen LogP contribution is 2.50. The maximum absolute atomic E-state index is 13.4. The molecule has 9 nitrogen and oxygen atoms in total. The van der Waals surface area contributed by atoms with Crippen molar-refractivity contribution in [3.8, 4) is 6.19 Å². The van der Waals surface area contributed by atoms with Crippen LogP contribution in [-0.4, -0.2) is 22.9 Å². The van der Waals surface area contributed by atoms with Crippen LogP contribution in [0.15, 0.2) is 6.07 Å². The SMILES string of the molecule is CCCN(CC1CC1)c1c([N+](=O)[O-])cc(C(F)(F)F)c(NC#N)c1[N+](=O)[O-]. The van der Waals surface area contributed by atoms with E-state index >= 15 is 0 Å². The molecule has 0 aromatic heterocycles. The van der Waals surface area contributed by atoms with E-state index in [1.807, 2.05) is 0 Å². The first-order chi connectivity index (χ1) is 12.6. The van der Waals surface area contributed by atoms with E-state index in [0.717, 1.165) is 12.8 Å². The van der Waals surface area contributed by atoms with Crippen LogP contribution in [0.3, 0.4) is 0 Å². The van der Waals surface area contributed by atoms with Crippen LogP contribution in [0, 0.1) is 37.6 Å². The number of rotatable bonds is 8. The minimum atomic E-state index is -5.13. The number of nitrogens with one attached hydrogen (secondary N) is 1. The predicted octanol–water partition coefficient (Wildman–Crippen LogP) is 4.04. The molecule has 1 aromatic rings. The van der Waals surface area contributed by atoms with Gasteiger partial charge >= 0.3 is 11.9 Å². The lowest BCUT2D eigenvalue weighted by Crippen LogP contribution is -2.29. The number of hydrogen-bond donors (Lipinski definition) is 1. The van der Waals surface area contributed by atoms with Crippen LogP contribution < -0.4 is 10.2 Å². The van der Waals surface area contributed by atoms with Gasteiger partial charge in [0.05, 0.1) is 15.4 Å². The Morgan fingerprint density at radius 2 is 1.96 bits per heavy atom. The summed E-state index contributed by atoms with van der Waals surface area (Å²) in [6.45, 7) is 2.19. The van der Waals surface area contributed by atoms with Gasteiger partial charge in [0.1, 0.15) is 5.69 Å². The van der Waals surface area contributed by atoms with Gasteiger partial charge in [-0.2, -0.15) is 18.4 Å². The highest BCUT2D eigenvalue weighted by molar-refractivity contribution is 5.88. The summed E-state index contributed by atoms with van der Waals surface area (Å²) in [5.41, 5.74) is -5.36. The van der Waals surface area contributed by atoms with Crippen LogP contribution >= 0.6 is 0 Å². The van der Waals surface area contributed by atoms with Crippen molar-refractivity contribution in [3.05, 3.63) is 31.9 Å². The molecule has 1 aliphatic carbocycles. The van der Waals surface area contributed by atoms with Crippen LogP contribution in [0.5, 0.6) is 0 Å². The number of hydrogen-bond acceptors (Lipinski definition) is 7. The zero-order valence-electron chi connectivity index (χ0n) is 14.2. The summed E-state index contributed by atoms with van der Waals surface area (Å²) >= 11 is 0. The van der Waals surface area contributed by atoms with E-state index in [2.05, 4.69) is 0 Å². The molecule has 0 heterocycles. The summed E-state index contributed by atoms with van der Waals surface area (Å²) in [7, 11) is 0. The van der Waals surface area contributed by atoms with Crippen molar-refractivity contribution in [1.29, 1.82) is 5.26 Å². The predicted molar refractivity (Wildman–Crippen MR) is 89.2 cm³/mol. The Balaban J connectivity index is 2.86. The molecular weight excluding hydrogens is 371 g/mol. The molecule has 1 saturated carbocycles. The zero-order chi connectivity index (χ0) is 20.4. The number of nitrogens with zero attached hydrogens (tertiary/aromatic N) is 4. The molecule has 1 aliphatic rings. The number of nitro groups is 2. The van der Waals surface area contributed by atoms with Crippen molar-refractivity contribution < 1.29 is 23.0 Å². The maximum Gasteiger partial charge on any atom is 0.418 e. The number of anilines is 2. The Labute approximate surface area is 151 Å². The summed E-state index contributed by atoms with van der Waals surface area (Å²) in [6.07, 6.45) is -1.72. The molecule has 0 amide bonds. The van der Waals surface area contributed by atoms with Gasteiger partial charge in [-0.25, -0.2) is 0 Å². The van der Waals surface area contributed by atoms with E-state index in [0.29, 0.717) is 6.42 Å². The van der Waals surface area contributed by atoms with Crippen molar-refractivity contribution >= 4 is 22.7 Å². The molecule has 1 aromatic carbocycles.